The van der Waals surface area contributed by atoms with Gasteiger partial charge in [-0.2, -0.15) is 0 Å². The minimum absolute atomic E-state index is 0.332. The number of likely N-dealkylation sites (tertiary alicyclic amines) is 1. The first kappa shape index (κ1) is 14.8. The molecule has 0 bridgehead atoms. The molecular weight excluding hydrogens is 238 g/mol. The minimum atomic E-state index is -0.643. The van der Waals surface area contributed by atoms with Crippen molar-refractivity contribution in [2.75, 3.05) is 6.54 Å². The van der Waals surface area contributed by atoms with E-state index in [2.05, 4.69) is 18.7 Å². The molecule has 1 saturated carbocycles. The summed E-state index contributed by atoms with van der Waals surface area (Å²) in [5.74, 6) is 0.999. The van der Waals surface area contributed by atoms with E-state index in [9.17, 15) is 4.79 Å². The summed E-state index contributed by atoms with van der Waals surface area (Å²) in [6, 6.07) is 1.22. The predicted molar refractivity (Wildman–Crippen MR) is 77.2 cm³/mol. The zero-order valence-corrected chi connectivity index (χ0v) is 12.5. The van der Waals surface area contributed by atoms with Gasteiger partial charge in [-0.1, -0.05) is 20.3 Å². The highest BCUT2D eigenvalue weighted by atomic mass is 16.4. The fraction of sp³-hybridized carbons (Fsp3) is 0.938. The van der Waals surface area contributed by atoms with E-state index in [1.807, 2.05) is 0 Å². The molecule has 0 aromatic carbocycles. The molecule has 110 valence electrons. The fourth-order valence-electron chi connectivity index (χ4n) is 4.20. The molecule has 2 aliphatic rings. The number of aliphatic carboxylic acids is 1. The monoisotopic (exact) mass is 267 g/mol. The van der Waals surface area contributed by atoms with Crippen LogP contribution in [-0.4, -0.2) is 34.6 Å². The molecule has 0 aromatic heterocycles. The standard InChI is InChI=1S/C16H29NO2/c1-12-6-8-15(13(2)11-12)17-10-4-3-5-14(17)7-9-16(18)19/h12-15H,3-11H2,1-2H3,(H,18,19). The summed E-state index contributed by atoms with van der Waals surface area (Å²) >= 11 is 0. The second-order valence-electron chi connectivity index (χ2n) is 6.78. The van der Waals surface area contributed by atoms with Crippen LogP contribution < -0.4 is 0 Å². The lowest BCUT2D eigenvalue weighted by molar-refractivity contribution is -0.137. The molecule has 4 atom stereocenters. The highest BCUT2D eigenvalue weighted by molar-refractivity contribution is 5.66. The van der Waals surface area contributed by atoms with Crippen LogP contribution in [0.1, 0.15) is 65.2 Å². The van der Waals surface area contributed by atoms with Crippen molar-refractivity contribution >= 4 is 5.97 Å². The smallest absolute Gasteiger partial charge is 0.303 e. The molecule has 19 heavy (non-hydrogen) atoms. The van der Waals surface area contributed by atoms with Crippen molar-refractivity contribution < 1.29 is 9.90 Å². The van der Waals surface area contributed by atoms with Crippen LogP contribution in [-0.2, 0) is 4.79 Å². The van der Waals surface area contributed by atoms with Crippen molar-refractivity contribution in [2.45, 2.75) is 77.3 Å². The van der Waals surface area contributed by atoms with E-state index in [4.69, 9.17) is 5.11 Å². The molecule has 1 heterocycles. The number of carboxylic acids is 1. The lowest BCUT2D eigenvalue weighted by Crippen LogP contribution is -2.50. The lowest BCUT2D eigenvalue weighted by Gasteiger charge is -2.46. The highest BCUT2D eigenvalue weighted by Gasteiger charge is 2.34. The molecular formula is C16H29NO2. The molecule has 1 aliphatic carbocycles. The van der Waals surface area contributed by atoms with Gasteiger partial charge in [-0.05, 0) is 56.9 Å². The maximum absolute atomic E-state index is 10.8. The van der Waals surface area contributed by atoms with Crippen LogP contribution in [0.2, 0.25) is 0 Å². The molecule has 0 aromatic rings. The zero-order chi connectivity index (χ0) is 13.8. The molecule has 4 unspecified atom stereocenters. The third-order valence-corrected chi connectivity index (χ3v) is 5.18. The van der Waals surface area contributed by atoms with Crippen molar-refractivity contribution in [3.8, 4) is 0 Å². The average Bonchev–Trinajstić information content (AvgIpc) is 2.37. The van der Waals surface area contributed by atoms with Gasteiger partial charge in [0.1, 0.15) is 0 Å². The Morgan fingerprint density at radius 3 is 2.68 bits per heavy atom. The second-order valence-corrected chi connectivity index (χ2v) is 6.78. The highest BCUT2D eigenvalue weighted by Crippen LogP contribution is 2.35. The van der Waals surface area contributed by atoms with Gasteiger partial charge in [-0.25, -0.2) is 0 Å². The number of rotatable bonds is 4. The van der Waals surface area contributed by atoms with E-state index in [1.54, 1.807) is 0 Å². The molecule has 3 nitrogen and oxygen atoms in total. The Morgan fingerprint density at radius 1 is 1.21 bits per heavy atom. The normalized spacial score (nSPS) is 37.2. The zero-order valence-electron chi connectivity index (χ0n) is 12.5. The van der Waals surface area contributed by atoms with Crippen LogP contribution >= 0.6 is 0 Å². The van der Waals surface area contributed by atoms with Gasteiger partial charge in [0.15, 0.2) is 0 Å². The predicted octanol–water partition coefficient (Wildman–Crippen LogP) is 3.53. The maximum atomic E-state index is 10.8. The Kier molecular flexibility index (Phi) is 5.26. The van der Waals surface area contributed by atoms with Crippen LogP contribution in [0, 0.1) is 11.8 Å². The van der Waals surface area contributed by atoms with E-state index in [0.29, 0.717) is 18.5 Å². The van der Waals surface area contributed by atoms with E-state index in [1.165, 1.54) is 45.1 Å². The maximum Gasteiger partial charge on any atom is 0.303 e. The molecule has 1 N–H and O–H groups in total. The van der Waals surface area contributed by atoms with Crippen LogP contribution in [0.3, 0.4) is 0 Å². The first-order valence-corrected chi connectivity index (χ1v) is 8.05. The molecule has 2 rings (SSSR count). The van der Waals surface area contributed by atoms with Crippen molar-refractivity contribution in [3.05, 3.63) is 0 Å². The van der Waals surface area contributed by atoms with Gasteiger partial charge in [0.05, 0.1) is 0 Å². The first-order chi connectivity index (χ1) is 9.08. The Morgan fingerprint density at radius 2 is 2.00 bits per heavy atom. The summed E-state index contributed by atoms with van der Waals surface area (Å²) < 4.78 is 0. The van der Waals surface area contributed by atoms with E-state index >= 15 is 0 Å². The van der Waals surface area contributed by atoms with Crippen LogP contribution in [0.25, 0.3) is 0 Å². The Labute approximate surface area is 117 Å². The summed E-state index contributed by atoms with van der Waals surface area (Å²) in [7, 11) is 0. The summed E-state index contributed by atoms with van der Waals surface area (Å²) in [5.41, 5.74) is 0. The van der Waals surface area contributed by atoms with Crippen molar-refractivity contribution in [1.29, 1.82) is 0 Å². The molecule has 1 saturated heterocycles. The molecule has 2 fully saturated rings. The van der Waals surface area contributed by atoms with Gasteiger partial charge in [-0.15, -0.1) is 0 Å². The van der Waals surface area contributed by atoms with Gasteiger partial charge >= 0.3 is 5.97 Å². The largest absolute Gasteiger partial charge is 0.481 e. The number of piperidine rings is 1. The van der Waals surface area contributed by atoms with Crippen molar-refractivity contribution in [2.24, 2.45) is 11.8 Å². The Bertz CT molecular complexity index is 305. The fourth-order valence-corrected chi connectivity index (χ4v) is 4.20. The molecule has 0 radical (unpaired) electrons. The number of carbonyl (C=O) groups is 1. The van der Waals surface area contributed by atoms with Gasteiger partial charge in [-0.3, -0.25) is 9.69 Å². The van der Waals surface area contributed by atoms with Crippen LogP contribution in [0.4, 0.5) is 0 Å². The Balaban J connectivity index is 1.96. The third-order valence-electron chi connectivity index (χ3n) is 5.18. The van der Waals surface area contributed by atoms with Crippen LogP contribution in [0.5, 0.6) is 0 Å². The molecule has 0 spiro atoms. The van der Waals surface area contributed by atoms with Crippen molar-refractivity contribution in [1.82, 2.24) is 4.90 Å². The first-order valence-electron chi connectivity index (χ1n) is 8.05. The van der Waals surface area contributed by atoms with Gasteiger partial charge in [0.25, 0.3) is 0 Å². The summed E-state index contributed by atoms with van der Waals surface area (Å²) in [5, 5.41) is 8.91. The number of nitrogens with zero attached hydrogens (tertiary/aromatic N) is 1. The number of hydrogen-bond acceptors (Lipinski definition) is 2. The molecule has 1 aliphatic heterocycles. The van der Waals surface area contributed by atoms with E-state index in [0.717, 1.165) is 18.3 Å². The lowest BCUT2D eigenvalue weighted by atomic mass is 9.77. The van der Waals surface area contributed by atoms with Crippen LogP contribution in [0.15, 0.2) is 0 Å². The topological polar surface area (TPSA) is 40.5 Å². The average molecular weight is 267 g/mol. The second kappa shape index (κ2) is 6.74. The third kappa shape index (κ3) is 3.95. The summed E-state index contributed by atoms with van der Waals surface area (Å²) in [4.78, 5) is 13.5. The summed E-state index contributed by atoms with van der Waals surface area (Å²) in [6.07, 6.45) is 8.94. The number of carboxylic acid groups (broad SMARTS) is 1. The number of hydrogen-bond donors (Lipinski definition) is 1. The SMILES string of the molecule is CC1CCC(N2CCCCC2CCC(=O)O)C(C)C1. The van der Waals surface area contributed by atoms with Gasteiger partial charge < -0.3 is 5.11 Å². The van der Waals surface area contributed by atoms with E-state index in [-0.39, 0.29) is 0 Å². The van der Waals surface area contributed by atoms with Crippen molar-refractivity contribution in [3.63, 3.8) is 0 Å². The van der Waals surface area contributed by atoms with Gasteiger partial charge in [0.2, 0.25) is 0 Å². The minimum Gasteiger partial charge on any atom is -0.481 e. The van der Waals surface area contributed by atoms with Gasteiger partial charge in [0, 0.05) is 18.5 Å². The molecule has 0 amide bonds. The quantitative estimate of drug-likeness (QED) is 0.847. The van der Waals surface area contributed by atoms with E-state index < -0.39 is 5.97 Å². The summed E-state index contributed by atoms with van der Waals surface area (Å²) in [6.45, 7) is 5.95. The molecule has 3 heteroatoms. The Hall–Kier alpha value is -0.570.